The molecule has 1 fully saturated rings. The molecule has 1 saturated heterocycles. The third-order valence-electron chi connectivity index (χ3n) is 5.43. The molecule has 1 N–H and O–H groups in total. The predicted molar refractivity (Wildman–Crippen MR) is 120 cm³/mol. The Hall–Kier alpha value is -3.53. The molecule has 1 aliphatic rings. The smallest absolute Gasteiger partial charge is 0.245 e. The van der Waals surface area contributed by atoms with E-state index in [1.165, 1.54) is 7.11 Å². The van der Waals surface area contributed by atoms with Gasteiger partial charge in [-0.15, -0.1) is 0 Å². The number of ether oxygens (including phenoxy) is 2. The lowest BCUT2D eigenvalue weighted by Crippen LogP contribution is -2.49. The van der Waals surface area contributed by atoms with Gasteiger partial charge < -0.3 is 19.7 Å². The Labute approximate surface area is 188 Å². The Balaban J connectivity index is 1.52. The van der Waals surface area contributed by atoms with Crippen LogP contribution in [-0.4, -0.2) is 49.6 Å². The summed E-state index contributed by atoms with van der Waals surface area (Å²) in [6.45, 7) is 1.82. The van der Waals surface area contributed by atoms with Crippen molar-refractivity contribution >= 4 is 11.8 Å². The van der Waals surface area contributed by atoms with Gasteiger partial charge in [0, 0.05) is 32.0 Å². The number of methoxy groups -OCH3 is 1. The van der Waals surface area contributed by atoms with Crippen LogP contribution in [0, 0.1) is 11.3 Å². The lowest BCUT2D eigenvalue weighted by Gasteiger charge is -2.24. The first-order valence-corrected chi connectivity index (χ1v) is 10.9. The molecule has 7 heteroatoms. The quantitative estimate of drug-likeness (QED) is 0.579. The molecule has 0 saturated carbocycles. The van der Waals surface area contributed by atoms with Crippen LogP contribution in [0.2, 0.25) is 0 Å². The summed E-state index contributed by atoms with van der Waals surface area (Å²) in [7, 11) is 1.51. The van der Waals surface area contributed by atoms with E-state index in [4.69, 9.17) is 14.7 Å². The number of nitrogens with zero attached hydrogens (tertiary/aromatic N) is 2. The van der Waals surface area contributed by atoms with Gasteiger partial charge in [-0.1, -0.05) is 30.3 Å². The number of amides is 2. The van der Waals surface area contributed by atoms with Gasteiger partial charge in [-0.05, 0) is 37.0 Å². The highest BCUT2D eigenvalue weighted by molar-refractivity contribution is 5.88. The monoisotopic (exact) mass is 435 g/mol. The molecule has 2 aromatic rings. The van der Waals surface area contributed by atoms with Crippen LogP contribution in [0.1, 0.15) is 36.8 Å². The average molecular weight is 436 g/mol. The molecule has 0 radical (unpaired) electrons. The maximum Gasteiger partial charge on any atom is 0.245 e. The van der Waals surface area contributed by atoms with E-state index in [2.05, 4.69) is 11.4 Å². The Kier molecular flexibility index (Phi) is 8.50. The molecule has 0 bridgehead atoms. The fourth-order valence-electron chi connectivity index (χ4n) is 3.75. The molecule has 0 spiro atoms. The first-order chi connectivity index (χ1) is 15.6. The van der Waals surface area contributed by atoms with Crippen molar-refractivity contribution < 1.29 is 19.1 Å². The van der Waals surface area contributed by atoms with E-state index >= 15 is 0 Å². The second kappa shape index (κ2) is 11.8. The van der Waals surface area contributed by atoms with Gasteiger partial charge in [-0.3, -0.25) is 9.59 Å². The highest BCUT2D eigenvalue weighted by Gasteiger charge is 2.27. The van der Waals surface area contributed by atoms with Crippen LogP contribution in [0.25, 0.3) is 0 Å². The number of benzene rings is 2. The normalized spacial score (nSPS) is 13.8. The third-order valence-corrected chi connectivity index (χ3v) is 5.43. The molecule has 1 atom stereocenters. The fourth-order valence-corrected chi connectivity index (χ4v) is 3.75. The Morgan fingerprint density at radius 3 is 2.56 bits per heavy atom. The second-order valence-corrected chi connectivity index (χ2v) is 7.77. The summed E-state index contributed by atoms with van der Waals surface area (Å²) in [6, 6.07) is 16.2. The maximum atomic E-state index is 13.0. The number of rotatable bonds is 10. The topological polar surface area (TPSA) is 91.7 Å². The zero-order valence-electron chi connectivity index (χ0n) is 18.4. The van der Waals surface area contributed by atoms with Crippen LogP contribution in [0.4, 0.5) is 0 Å². The molecule has 1 unspecified atom stereocenters. The fraction of sp³-hybridized carbons (Fsp3) is 0.400. The molecule has 3 rings (SSSR count). The minimum Gasteiger partial charge on any atom is -0.493 e. The summed E-state index contributed by atoms with van der Waals surface area (Å²) in [4.78, 5) is 27.4. The van der Waals surface area contributed by atoms with E-state index < -0.39 is 6.04 Å². The van der Waals surface area contributed by atoms with E-state index in [1.807, 2.05) is 35.2 Å². The van der Waals surface area contributed by atoms with Gasteiger partial charge in [0.15, 0.2) is 11.5 Å². The van der Waals surface area contributed by atoms with Gasteiger partial charge in [0.2, 0.25) is 11.8 Å². The van der Waals surface area contributed by atoms with Crippen LogP contribution < -0.4 is 14.8 Å². The Morgan fingerprint density at radius 2 is 1.88 bits per heavy atom. The van der Waals surface area contributed by atoms with Crippen molar-refractivity contribution in [3.05, 3.63) is 59.7 Å². The van der Waals surface area contributed by atoms with Gasteiger partial charge in [-0.25, -0.2) is 0 Å². The maximum absolute atomic E-state index is 13.0. The van der Waals surface area contributed by atoms with Gasteiger partial charge in [0.05, 0.1) is 25.3 Å². The molecular formula is C25H29N3O4. The molecule has 168 valence electrons. The molecule has 2 amide bonds. The van der Waals surface area contributed by atoms with Crippen LogP contribution in [0.3, 0.4) is 0 Å². The van der Waals surface area contributed by atoms with E-state index in [-0.39, 0.29) is 18.2 Å². The predicted octanol–water partition coefficient (Wildman–Crippen LogP) is 3.08. The summed E-state index contributed by atoms with van der Waals surface area (Å²) in [5, 5.41) is 11.9. The molecule has 2 aromatic carbocycles. The largest absolute Gasteiger partial charge is 0.493 e. The van der Waals surface area contributed by atoms with E-state index in [1.54, 1.807) is 18.2 Å². The highest BCUT2D eigenvalue weighted by atomic mass is 16.5. The molecular weight excluding hydrogens is 406 g/mol. The van der Waals surface area contributed by atoms with Crippen LogP contribution in [-0.2, 0) is 16.0 Å². The Bertz CT molecular complexity index is 949. The first kappa shape index (κ1) is 23.1. The zero-order chi connectivity index (χ0) is 22.8. The third kappa shape index (κ3) is 6.48. The van der Waals surface area contributed by atoms with Crippen LogP contribution in [0.5, 0.6) is 11.5 Å². The number of hydrogen-bond donors (Lipinski definition) is 1. The van der Waals surface area contributed by atoms with E-state index in [0.29, 0.717) is 36.5 Å². The van der Waals surface area contributed by atoms with Crippen LogP contribution in [0.15, 0.2) is 48.5 Å². The van der Waals surface area contributed by atoms with Gasteiger partial charge in [-0.2, -0.15) is 5.26 Å². The molecule has 0 aromatic heterocycles. The number of hydrogen-bond acceptors (Lipinski definition) is 5. The Morgan fingerprint density at radius 1 is 1.12 bits per heavy atom. The van der Waals surface area contributed by atoms with Crippen molar-refractivity contribution in [2.24, 2.45) is 0 Å². The van der Waals surface area contributed by atoms with Crippen LogP contribution >= 0.6 is 0 Å². The first-order valence-electron chi connectivity index (χ1n) is 10.9. The summed E-state index contributed by atoms with van der Waals surface area (Å²) in [5.41, 5.74) is 1.50. The number of carbonyl (C=O) groups is 2. The standard InChI is InChI=1S/C25H29N3O4/c1-31-23-17-20(18-26)11-12-22(23)32-15-7-10-24(29)27-21(16-19-8-3-2-4-9-19)25(30)28-13-5-6-14-28/h2-4,8-9,11-12,17,21H,5-7,10,13-16H2,1H3,(H,27,29). The van der Waals surface area contributed by atoms with Gasteiger partial charge in [0.1, 0.15) is 6.04 Å². The number of nitriles is 1. The lowest BCUT2D eigenvalue weighted by molar-refractivity contribution is -0.135. The number of likely N-dealkylation sites (tertiary alicyclic amines) is 1. The molecule has 32 heavy (non-hydrogen) atoms. The average Bonchev–Trinajstić information content (AvgIpc) is 3.36. The van der Waals surface area contributed by atoms with E-state index in [0.717, 1.165) is 31.5 Å². The lowest BCUT2D eigenvalue weighted by atomic mass is 10.0. The van der Waals surface area contributed by atoms with E-state index in [9.17, 15) is 9.59 Å². The molecule has 1 heterocycles. The number of carbonyl (C=O) groups excluding carboxylic acids is 2. The van der Waals surface area contributed by atoms with Crippen molar-refractivity contribution in [3.8, 4) is 17.6 Å². The van der Waals surface area contributed by atoms with Gasteiger partial charge in [0.25, 0.3) is 0 Å². The number of nitrogens with one attached hydrogen (secondary N) is 1. The molecule has 1 aliphatic heterocycles. The minimum absolute atomic E-state index is 0.0155. The van der Waals surface area contributed by atoms with Gasteiger partial charge >= 0.3 is 0 Å². The van der Waals surface area contributed by atoms with Crippen molar-refractivity contribution in [2.45, 2.75) is 38.1 Å². The summed E-state index contributed by atoms with van der Waals surface area (Å²) in [5.74, 6) is 0.817. The molecule has 7 nitrogen and oxygen atoms in total. The van der Waals surface area contributed by atoms with Crippen molar-refractivity contribution in [3.63, 3.8) is 0 Å². The van der Waals surface area contributed by atoms with Crippen molar-refractivity contribution in [1.29, 1.82) is 5.26 Å². The second-order valence-electron chi connectivity index (χ2n) is 7.77. The van der Waals surface area contributed by atoms with Crippen molar-refractivity contribution in [1.82, 2.24) is 10.2 Å². The summed E-state index contributed by atoms with van der Waals surface area (Å²) < 4.78 is 11.0. The van der Waals surface area contributed by atoms with Crippen molar-refractivity contribution in [2.75, 3.05) is 26.8 Å². The zero-order valence-corrected chi connectivity index (χ0v) is 18.4. The SMILES string of the molecule is COc1cc(C#N)ccc1OCCCC(=O)NC(Cc1ccccc1)C(=O)N1CCCC1. The highest BCUT2D eigenvalue weighted by Crippen LogP contribution is 2.28. The summed E-state index contributed by atoms with van der Waals surface area (Å²) in [6.07, 6.45) is 3.23. The minimum atomic E-state index is -0.567. The summed E-state index contributed by atoms with van der Waals surface area (Å²) >= 11 is 0. The molecule has 0 aliphatic carbocycles.